The van der Waals surface area contributed by atoms with Crippen LogP contribution in [-0.4, -0.2) is 156 Å². The summed E-state index contributed by atoms with van der Waals surface area (Å²) in [5, 5.41) is 10.1. The van der Waals surface area contributed by atoms with E-state index in [0.29, 0.717) is 6.54 Å². The zero-order valence-electron chi connectivity index (χ0n) is 49.5. The minimum Gasteiger partial charge on any atom is -0.606 e. The van der Waals surface area contributed by atoms with Crippen LogP contribution in [0.25, 0.3) is 0 Å². The first-order valence-corrected chi connectivity index (χ1v) is 32.7. The van der Waals surface area contributed by atoms with E-state index in [1.54, 1.807) is 34.9 Å². The average molecular weight is 1360 g/mol. The second kappa shape index (κ2) is 28.9. The number of hydrogen-bond acceptors (Lipinski definition) is 28. The summed E-state index contributed by atoms with van der Waals surface area (Å²) in [6, 6.07) is 0. The van der Waals surface area contributed by atoms with Crippen molar-refractivity contribution in [2.24, 2.45) is 7.05 Å². The number of aromatic nitrogens is 10. The number of phosphoric acid groups is 3. The molecule has 8 N–H and O–H groups in total. The van der Waals surface area contributed by atoms with Crippen LogP contribution < -0.4 is 59.3 Å². The normalized spacial score (nSPS) is 26.8. The molecule has 0 aliphatic carbocycles. The number of esters is 2. The number of hydrogen-bond donors (Lipinski definition) is 8. The monoisotopic (exact) mass is 1360 g/mol. The molecule has 39 nitrogen and oxygen atoms in total. The number of aliphatic hydroxyl groups excluding tert-OH is 1. The van der Waals surface area contributed by atoms with E-state index in [4.69, 9.17) is 55.6 Å². The van der Waals surface area contributed by atoms with Crippen LogP contribution in [0.1, 0.15) is 85.7 Å². The van der Waals surface area contributed by atoms with E-state index in [1.807, 2.05) is 0 Å². The Bertz CT molecular complexity index is 4060. The van der Waals surface area contributed by atoms with Gasteiger partial charge < -0.3 is 48.2 Å². The number of carbonyl (C=O) groups is 2. The molecule has 0 bridgehead atoms. The predicted molar refractivity (Wildman–Crippen MR) is 302 cm³/mol. The van der Waals surface area contributed by atoms with Gasteiger partial charge in [0.1, 0.15) is 113 Å². The predicted octanol–water partition coefficient (Wildman–Crippen LogP) is -4.51. The Morgan fingerprint density at radius 3 is 1.41 bits per heavy atom. The number of nitrogens with one attached hydrogen (secondary N) is 4. The van der Waals surface area contributed by atoms with Crippen molar-refractivity contribution in [1.29, 1.82) is 0 Å². The Balaban J connectivity index is 0.883. The molecule has 4 saturated heterocycles. The standard InChI is InChI=1S/C50H65N10O29P3/c1-25-16-57(47(68)51-43(25)64)37-12-29(86-42(63)7-6-41(62)78-11-10-56-9-8-55(5)24-56)34(83-37)21-79-91(74,75)88-31-14-39(59-18-27(3)45(66)53-49(59)70)85-36(31)23-81-92(76,77)89-32-15-40(60-19-28(4)46(67)54-50(60)71)84-35(32)22-80-90(72,73)87-30-13-38(82-33(30)20-61)58-17-26(2)44(65)52-48(58)69/h8-9,16-19,24,29-40,61H,6-7,10-15,20-23H2,1-5H3,(H6-,51,52,53,54,64,65,66,67,68,69,70,71,72,73,74,75,76,77)/p+1/t29-,30-,31-,32-,33+,34+,35+,36+,37+,38+,39+,40+/m0/s1. The maximum atomic E-state index is 14.0. The molecular weight excluding hydrogens is 1300 g/mol. The third-order valence-corrected chi connectivity index (χ3v) is 18.0. The molecule has 4 aliphatic rings. The number of H-pyrrole nitrogens is 4. The second-order valence-corrected chi connectivity index (χ2v) is 26.1. The average Bonchev–Trinajstić information content (AvgIpc) is 1.66. The number of carbonyl (C=O) groups excluding carboxylic acids is 2. The molecule has 0 aromatic carbocycles. The molecule has 9 heterocycles. The number of aromatic amines is 4. The molecule has 92 heavy (non-hydrogen) atoms. The SMILES string of the molecule is Cc1cn([C@H]2C[C@H](OC(=O)CCC(=O)OCCn3cc[n+](C)c3)[C@@H](COP(=O)(O)O[C@H]3C[C@H](n4cc(C)c(=O)[nH]c4=O)O[C@@H]3CO[P+]([O-])(O)O[C@H]3C[C@H](n4cc(C)c(=O)[nH]c4=O)O[C@@H]3CO[P+]([O-])(O)O[C@H]3C[C@H](n4cc(C)c(=O)[nH]c4=O)O[C@@H]3CO)O2)c(=O)[nH]c1=O. The van der Waals surface area contributed by atoms with Crippen molar-refractivity contribution in [3.05, 3.63) is 149 Å². The van der Waals surface area contributed by atoms with Gasteiger partial charge in [-0.2, -0.15) is 27.9 Å². The first-order valence-electron chi connectivity index (χ1n) is 28.2. The fourth-order valence-corrected chi connectivity index (χ4v) is 13.1. The minimum atomic E-state index is -5.52. The van der Waals surface area contributed by atoms with Crippen molar-refractivity contribution in [3.8, 4) is 0 Å². The Morgan fingerprint density at radius 2 is 0.989 bits per heavy atom. The summed E-state index contributed by atoms with van der Waals surface area (Å²) >= 11 is 0. The molecule has 0 amide bonds. The molecule has 0 spiro atoms. The van der Waals surface area contributed by atoms with Crippen LogP contribution in [0.3, 0.4) is 0 Å². The minimum absolute atomic E-state index is 0.00224. The van der Waals surface area contributed by atoms with Crippen molar-refractivity contribution < 1.29 is 104 Å². The van der Waals surface area contributed by atoms with E-state index in [2.05, 4.69) is 19.9 Å². The Kier molecular flexibility index (Phi) is 21.9. The Morgan fingerprint density at radius 1 is 0.609 bits per heavy atom. The lowest BCUT2D eigenvalue weighted by Crippen LogP contribution is -2.36. The smallest absolute Gasteiger partial charge is 0.472 e. The van der Waals surface area contributed by atoms with Crippen LogP contribution in [0.4, 0.5) is 0 Å². The van der Waals surface area contributed by atoms with Crippen LogP contribution in [0.15, 0.2) is 81.9 Å². The molecule has 0 radical (unpaired) electrons. The third-order valence-electron chi connectivity index (χ3n) is 15.0. The lowest BCUT2D eigenvalue weighted by atomic mass is 10.2. The fourth-order valence-electron chi connectivity index (χ4n) is 10.3. The maximum Gasteiger partial charge on any atom is 0.472 e. The number of aryl methyl sites for hydroxylation is 5. The lowest BCUT2D eigenvalue weighted by molar-refractivity contribution is -0.671. The van der Waals surface area contributed by atoms with Crippen LogP contribution in [-0.2, 0) is 83.3 Å². The molecule has 42 heteroatoms. The third kappa shape index (κ3) is 17.4. The van der Waals surface area contributed by atoms with Gasteiger partial charge in [-0.05, 0) is 27.7 Å². The van der Waals surface area contributed by atoms with Gasteiger partial charge in [0, 0.05) is 72.7 Å². The largest absolute Gasteiger partial charge is 0.606 e. The van der Waals surface area contributed by atoms with Gasteiger partial charge in [0.05, 0.1) is 33.1 Å². The van der Waals surface area contributed by atoms with Gasteiger partial charge in [-0.15, -0.1) is 0 Å². The number of imidazole rings is 1. The van der Waals surface area contributed by atoms with E-state index in [1.165, 1.54) is 40.1 Å². The Hall–Kier alpha value is -6.68. The lowest BCUT2D eigenvalue weighted by Gasteiger charge is -2.28. The molecule has 5 aromatic heterocycles. The van der Waals surface area contributed by atoms with E-state index < -0.39 is 207 Å². The number of rotatable bonds is 27. The van der Waals surface area contributed by atoms with Crippen molar-refractivity contribution >= 4 is 36.1 Å². The van der Waals surface area contributed by atoms with Crippen molar-refractivity contribution in [3.63, 3.8) is 0 Å². The highest BCUT2D eigenvalue weighted by molar-refractivity contribution is 7.53. The van der Waals surface area contributed by atoms with E-state index in [0.717, 1.165) is 30.7 Å². The van der Waals surface area contributed by atoms with Crippen molar-refractivity contribution in [2.75, 3.05) is 33.0 Å². The molecule has 504 valence electrons. The summed E-state index contributed by atoms with van der Waals surface area (Å²) < 4.78 is 88.1. The fraction of sp³-hybridized carbons (Fsp3) is 0.580. The van der Waals surface area contributed by atoms with Crippen LogP contribution in [0.5, 0.6) is 0 Å². The van der Waals surface area contributed by atoms with Crippen molar-refractivity contribution in [1.82, 2.24) is 42.8 Å². The van der Waals surface area contributed by atoms with Crippen LogP contribution in [0.2, 0.25) is 0 Å². The van der Waals surface area contributed by atoms with Gasteiger partial charge in [0.15, 0.2) is 0 Å². The molecule has 0 saturated carbocycles. The summed E-state index contributed by atoms with van der Waals surface area (Å²) in [5.41, 5.74) is -6.60. The molecule has 4 fully saturated rings. The zero-order valence-corrected chi connectivity index (χ0v) is 52.2. The molecule has 3 unspecified atom stereocenters. The van der Waals surface area contributed by atoms with E-state index >= 15 is 0 Å². The van der Waals surface area contributed by atoms with E-state index in [-0.39, 0.29) is 41.7 Å². The van der Waals surface area contributed by atoms with Crippen LogP contribution >= 0.6 is 24.2 Å². The summed E-state index contributed by atoms with van der Waals surface area (Å²) in [6.07, 6.45) is -10.6. The molecule has 15 atom stereocenters. The quantitative estimate of drug-likeness (QED) is 0.0140. The summed E-state index contributed by atoms with van der Waals surface area (Å²) in [6.45, 7) is 1.99. The summed E-state index contributed by atoms with van der Waals surface area (Å²) in [4.78, 5) is 196. The summed E-state index contributed by atoms with van der Waals surface area (Å²) in [5.74, 6) is -1.68. The van der Waals surface area contributed by atoms with Gasteiger partial charge in [-0.3, -0.25) is 76.0 Å². The number of nitrogens with zero attached hydrogens (tertiary/aromatic N) is 6. The highest BCUT2D eigenvalue weighted by atomic mass is 31.2. The molecule has 4 aliphatic heterocycles. The van der Waals surface area contributed by atoms with Gasteiger partial charge in [-0.1, -0.05) is 0 Å². The maximum absolute atomic E-state index is 14.0. The zero-order chi connectivity index (χ0) is 66.7. The topological polar surface area (TPSA) is 517 Å². The summed E-state index contributed by atoms with van der Waals surface area (Å²) in [7, 11) is -14.4. The van der Waals surface area contributed by atoms with Gasteiger partial charge in [-0.25, -0.2) is 32.9 Å². The number of aliphatic hydroxyl groups is 1. The second-order valence-electron chi connectivity index (χ2n) is 21.8. The molecule has 5 aromatic rings. The van der Waals surface area contributed by atoms with Gasteiger partial charge in [0.25, 0.3) is 22.2 Å². The van der Waals surface area contributed by atoms with Crippen LogP contribution in [0, 0.1) is 27.7 Å². The van der Waals surface area contributed by atoms with Gasteiger partial charge in [0.2, 0.25) is 6.33 Å². The highest BCUT2D eigenvalue weighted by Crippen LogP contribution is 2.56. The van der Waals surface area contributed by atoms with E-state index in [9.17, 15) is 82.1 Å². The first-order chi connectivity index (χ1) is 43.3. The van der Waals surface area contributed by atoms with Gasteiger partial charge >= 0.3 is 58.9 Å². The number of ether oxygens (including phenoxy) is 6. The van der Waals surface area contributed by atoms with Crippen molar-refractivity contribution in [2.45, 2.75) is 147 Å². The first kappa shape index (κ1) is 69.7. The molecular formula is C50H66N10O29P3+. The highest BCUT2D eigenvalue weighted by Gasteiger charge is 2.51. The Labute approximate surface area is 517 Å². The number of phosphoric ester groups is 3. The molecule has 9 rings (SSSR count).